The number of carbonyl (C=O) groups is 2. The van der Waals surface area contributed by atoms with Gasteiger partial charge in [0.25, 0.3) is 11.8 Å². The number of methoxy groups -OCH3 is 2. The van der Waals surface area contributed by atoms with Gasteiger partial charge in [-0.15, -0.1) is 0 Å². The van der Waals surface area contributed by atoms with Crippen molar-refractivity contribution >= 4 is 34.5 Å². The van der Waals surface area contributed by atoms with Crippen molar-refractivity contribution in [3.8, 4) is 17.2 Å². The minimum Gasteiger partial charge on any atom is -0.497 e. The molecule has 1 aromatic heterocycles. The SMILES string of the molecule is COc1ccc2[nH]cc(CCNC(=O)c3ccc4c(c3)NC(=O)/C(=C/c3ccccc3OC)O4)c2c1. The van der Waals surface area contributed by atoms with Crippen molar-refractivity contribution in [1.29, 1.82) is 0 Å². The molecule has 0 saturated heterocycles. The highest BCUT2D eigenvalue weighted by Gasteiger charge is 2.23. The van der Waals surface area contributed by atoms with Gasteiger partial charge in [-0.2, -0.15) is 0 Å². The van der Waals surface area contributed by atoms with Gasteiger partial charge in [0.2, 0.25) is 0 Å². The summed E-state index contributed by atoms with van der Waals surface area (Å²) in [6, 6.07) is 18.1. The fourth-order valence-corrected chi connectivity index (χ4v) is 4.13. The highest BCUT2D eigenvalue weighted by Crippen LogP contribution is 2.33. The predicted octanol–water partition coefficient (Wildman–Crippen LogP) is 4.53. The molecule has 0 bridgehead atoms. The minimum atomic E-state index is -0.402. The van der Waals surface area contributed by atoms with Crippen LogP contribution in [0.15, 0.2) is 72.6 Å². The molecule has 8 heteroatoms. The average Bonchev–Trinajstić information content (AvgIpc) is 3.31. The molecule has 8 nitrogen and oxygen atoms in total. The normalized spacial score (nSPS) is 13.6. The number of amides is 2. The number of fused-ring (bicyclic) bond motifs is 2. The van der Waals surface area contributed by atoms with Crippen LogP contribution in [0.1, 0.15) is 21.5 Å². The second kappa shape index (κ2) is 9.87. The Kier molecular flexibility index (Phi) is 6.32. The second-order valence-corrected chi connectivity index (χ2v) is 8.25. The first-order valence-electron chi connectivity index (χ1n) is 11.5. The number of hydrogen-bond donors (Lipinski definition) is 3. The van der Waals surface area contributed by atoms with Crippen molar-refractivity contribution in [2.24, 2.45) is 0 Å². The topological polar surface area (TPSA) is 102 Å². The second-order valence-electron chi connectivity index (χ2n) is 8.25. The Labute approximate surface area is 207 Å². The smallest absolute Gasteiger partial charge is 0.291 e. The lowest BCUT2D eigenvalue weighted by atomic mass is 10.1. The van der Waals surface area contributed by atoms with Crippen LogP contribution < -0.4 is 24.8 Å². The molecule has 1 aliphatic heterocycles. The van der Waals surface area contributed by atoms with Crippen LogP contribution >= 0.6 is 0 Å². The molecule has 5 rings (SSSR count). The highest BCUT2D eigenvalue weighted by atomic mass is 16.5. The molecule has 0 atom stereocenters. The predicted molar refractivity (Wildman–Crippen MR) is 138 cm³/mol. The lowest BCUT2D eigenvalue weighted by Gasteiger charge is -2.20. The lowest BCUT2D eigenvalue weighted by molar-refractivity contribution is -0.115. The number of benzene rings is 3. The molecule has 3 aromatic carbocycles. The Bertz CT molecular complexity index is 1490. The Morgan fingerprint density at radius 2 is 1.92 bits per heavy atom. The van der Waals surface area contributed by atoms with E-state index in [-0.39, 0.29) is 11.7 Å². The van der Waals surface area contributed by atoms with E-state index in [0.717, 1.165) is 27.8 Å². The van der Waals surface area contributed by atoms with E-state index in [1.54, 1.807) is 44.6 Å². The summed E-state index contributed by atoms with van der Waals surface area (Å²) in [7, 11) is 3.20. The van der Waals surface area contributed by atoms with Crippen molar-refractivity contribution in [2.45, 2.75) is 6.42 Å². The fourth-order valence-electron chi connectivity index (χ4n) is 4.13. The van der Waals surface area contributed by atoms with Crippen LogP contribution in [0.25, 0.3) is 17.0 Å². The van der Waals surface area contributed by atoms with Gasteiger partial charge in [-0.25, -0.2) is 0 Å². The summed E-state index contributed by atoms with van der Waals surface area (Å²) < 4.78 is 16.5. The van der Waals surface area contributed by atoms with Gasteiger partial charge in [0.05, 0.1) is 19.9 Å². The molecule has 182 valence electrons. The van der Waals surface area contributed by atoms with Gasteiger partial charge >= 0.3 is 0 Å². The van der Waals surface area contributed by atoms with E-state index in [1.807, 2.05) is 42.6 Å². The molecule has 1 aliphatic rings. The monoisotopic (exact) mass is 483 g/mol. The number of anilines is 1. The van der Waals surface area contributed by atoms with E-state index in [0.29, 0.717) is 35.7 Å². The third-order valence-corrected chi connectivity index (χ3v) is 6.01. The van der Waals surface area contributed by atoms with Crippen LogP contribution in [0.4, 0.5) is 5.69 Å². The molecule has 0 aliphatic carbocycles. The standard InChI is InChI=1S/C28H25N3O5/c1-34-20-8-9-22-21(15-20)19(16-30-22)11-12-29-27(32)18-7-10-25-23(13-18)31-28(33)26(36-25)14-17-5-3-4-6-24(17)35-2/h3-10,13-16,30H,11-12H2,1-2H3,(H,29,32)(H,31,33)/b26-14-. The van der Waals surface area contributed by atoms with Crippen molar-refractivity contribution in [2.75, 3.05) is 26.1 Å². The van der Waals surface area contributed by atoms with E-state index in [4.69, 9.17) is 14.2 Å². The zero-order chi connectivity index (χ0) is 25.1. The fraction of sp³-hybridized carbons (Fsp3) is 0.143. The van der Waals surface area contributed by atoms with Crippen molar-refractivity contribution in [3.63, 3.8) is 0 Å². The molecular formula is C28H25N3O5. The van der Waals surface area contributed by atoms with Gasteiger partial charge < -0.3 is 29.8 Å². The quantitative estimate of drug-likeness (QED) is 0.335. The third-order valence-electron chi connectivity index (χ3n) is 6.01. The number of carbonyl (C=O) groups excluding carboxylic acids is 2. The number of hydrogen-bond acceptors (Lipinski definition) is 5. The molecular weight excluding hydrogens is 458 g/mol. The van der Waals surface area contributed by atoms with E-state index in [2.05, 4.69) is 15.6 Å². The first kappa shape index (κ1) is 23.0. The lowest BCUT2D eigenvalue weighted by Crippen LogP contribution is -2.27. The van der Waals surface area contributed by atoms with Crippen LogP contribution in [0.5, 0.6) is 17.2 Å². The largest absolute Gasteiger partial charge is 0.497 e. The van der Waals surface area contributed by atoms with Gasteiger partial charge in [-0.1, -0.05) is 18.2 Å². The molecule has 36 heavy (non-hydrogen) atoms. The van der Waals surface area contributed by atoms with Gasteiger partial charge in [0, 0.05) is 34.8 Å². The Morgan fingerprint density at radius 1 is 1.06 bits per heavy atom. The average molecular weight is 484 g/mol. The summed E-state index contributed by atoms with van der Waals surface area (Å²) in [6.07, 6.45) is 4.22. The highest BCUT2D eigenvalue weighted by molar-refractivity contribution is 6.09. The number of para-hydroxylation sites is 1. The first-order valence-corrected chi connectivity index (χ1v) is 11.5. The summed E-state index contributed by atoms with van der Waals surface area (Å²) >= 11 is 0. The van der Waals surface area contributed by atoms with E-state index < -0.39 is 5.91 Å². The van der Waals surface area contributed by atoms with Crippen LogP contribution in [0, 0.1) is 0 Å². The summed E-state index contributed by atoms with van der Waals surface area (Å²) in [5.41, 5.74) is 3.69. The zero-order valence-corrected chi connectivity index (χ0v) is 19.9. The van der Waals surface area contributed by atoms with Crippen LogP contribution in [0.3, 0.4) is 0 Å². The number of aromatic nitrogens is 1. The first-order chi connectivity index (χ1) is 17.6. The molecule has 0 radical (unpaired) electrons. The van der Waals surface area contributed by atoms with Crippen LogP contribution in [0.2, 0.25) is 0 Å². The van der Waals surface area contributed by atoms with E-state index in [9.17, 15) is 9.59 Å². The van der Waals surface area contributed by atoms with Crippen molar-refractivity contribution < 1.29 is 23.8 Å². The number of ether oxygens (including phenoxy) is 3. The molecule has 3 N–H and O–H groups in total. The van der Waals surface area contributed by atoms with Crippen LogP contribution in [-0.4, -0.2) is 37.6 Å². The molecule has 0 fully saturated rings. The molecule has 2 amide bonds. The third kappa shape index (κ3) is 4.61. The molecule has 4 aromatic rings. The maximum Gasteiger partial charge on any atom is 0.291 e. The van der Waals surface area contributed by atoms with Crippen molar-refractivity contribution in [1.82, 2.24) is 10.3 Å². The molecule has 0 unspecified atom stereocenters. The number of rotatable bonds is 7. The summed E-state index contributed by atoms with van der Waals surface area (Å²) in [4.78, 5) is 28.6. The van der Waals surface area contributed by atoms with Gasteiger partial charge in [0.1, 0.15) is 11.5 Å². The minimum absolute atomic E-state index is 0.138. The maximum atomic E-state index is 12.8. The number of H-pyrrole nitrogens is 1. The summed E-state index contributed by atoms with van der Waals surface area (Å²) in [6.45, 7) is 0.453. The Morgan fingerprint density at radius 3 is 2.75 bits per heavy atom. The van der Waals surface area contributed by atoms with E-state index >= 15 is 0 Å². The Hall–Kier alpha value is -4.72. The number of aromatic amines is 1. The molecule has 2 heterocycles. The number of nitrogens with one attached hydrogen (secondary N) is 3. The Balaban J connectivity index is 1.25. The van der Waals surface area contributed by atoms with Gasteiger partial charge in [-0.05, 0) is 60.5 Å². The summed E-state index contributed by atoms with van der Waals surface area (Å²) in [5.74, 6) is 1.37. The van der Waals surface area contributed by atoms with Gasteiger partial charge in [0.15, 0.2) is 11.5 Å². The van der Waals surface area contributed by atoms with Gasteiger partial charge in [-0.3, -0.25) is 9.59 Å². The maximum absolute atomic E-state index is 12.8. The van der Waals surface area contributed by atoms with E-state index in [1.165, 1.54) is 0 Å². The zero-order valence-electron chi connectivity index (χ0n) is 19.9. The molecule has 0 spiro atoms. The summed E-state index contributed by atoms with van der Waals surface area (Å²) in [5, 5.41) is 6.81. The molecule has 0 saturated carbocycles. The van der Waals surface area contributed by atoms with Crippen LogP contribution in [-0.2, 0) is 11.2 Å². The van der Waals surface area contributed by atoms with Crippen molar-refractivity contribution in [3.05, 3.63) is 89.3 Å².